The van der Waals surface area contributed by atoms with E-state index in [0.29, 0.717) is 27.4 Å². The predicted molar refractivity (Wildman–Crippen MR) is 133 cm³/mol. The van der Waals surface area contributed by atoms with Crippen molar-refractivity contribution in [2.24, 2.45) is 5.73 Å². The highest BCUT2D eigenvalue weighted by Crippen LogP contribution is 2.29. The topological polar surface area (TPSA) is 90.9 Å². The number of carbonyl (C=O) groups is 1. The van der Waals surface area contributed by atoms with E-state index in [1.807, 2.05) is 11.4 Å². The molecule has 2 N–H and O–H groups in total. The number of nitrogens with zero attached hydrogens (tertiary/aromatic N) is 3. The van der Waals surface area contributed by atoms with Crippen LogP contribution in [0, 0.1) is 5.82 Å². The second kappa shape index (κ2) is 9.20. The summed E-state index contributed by atoms with van der Waals surface area (Å²) in [5.74, 6) is -0.541. The Hall–Kier alpha value is -3.82. The van der Waals surface area contributed by atoms with Gasteiger partial charge in [0.05, 0.1) is 22.3 Å². The molecule has 0 radical (unpaired) electrons. The number of carbonyl (C=O) groups excluding carboxylic acids is 1. The van der Waals surface area contributed by atoms with Crippen molar-refractivity contribution in [3.63, 3.8) is 0 Å². The number of thiazole rings is 1. The van der Waals surface area contributed by atoms with E-state index in [-0.39, 0.29) is 11.2 Å². The van der Waals surface area contributed by atoms with Crippen LogP contribution in [0.3, 0.4) is 0 Å². The van der Waals surface area contributed by atoms with Gasteiger partial charge in [0.25, 0.3) is 5.56 Å². The second-order valence-corrected chi connectivity index (χ2v) is 9.18. The fourth-order valence-electron chi connectivity index (χ4n) is 3.48. The molecule has 1 amide bonds. The Balaban J connectivity index is 1.48. The van der Waals surface area contributed by atoms with Crippen LogP contribution in [0.1, 0.15) is 16.1 Å². The van der Waals surface area contributed by atoms with Crippen LogP contribution in [0.25, 0.3) is 27.2 Å². The zero-order valence-corrected chi connectivity index (χ0v) is 19.3. The first-order valence-electron chi connectivity index (χ1n) is 10.3. The number of para-hydroxylation sites is 2. The number of aromatic nitrogens is 3. The van der Waals surface area contributed by atoms with Crippen molar-refractivity contribution >= 4 is 39.9 Å². The molecule has 0 atom stereocenters. The molecule has 0 aliphatic carbocycles. The normalized spacial score (nSPS) is 11.1. The van der Waals surface area contributed by atoms with Crippen LogP contribution in [0.2, 0.25) is 0 Å². The van der Waals surface area contributed by atoms with Crippen molar-refractivity contribution < 1.29 is 9.18 Å². The van der Waals surface area contributed by atoms with E-state index in [1.165, 1.54) is 33.7 Å². The molecule has 34 heavy (non-hydrogen) atoms. The summed E-state index contributed by atoms with van der Waals surface area (Å²) in [5.41, 5.74) is 7.79. The van der Waals surface area contributed by atoms with Gasteiger partial charge in [-0.3, -0.25) is 14.2 Å². The molecule has 0 bridgehead atoms. The van der Waals surface area contributed by atoms with Crippen molar-refractivity contribution in [1.82, 2.24) is 14.5 Å². The molecule has 5 aromatic rings. The Labute approximate surface area is 201 Å². The van der Waals surface area contributed by atoms with Gasteiger partial charge < -0.3 is 5.73 Å². The highest BCUT2D eigenvalue weighted by atomic mass is 32.2. The van der Waals surface area contributed by atoms with Crippen molar-refractivity contribution in [2.45, 2.75) is 10.9 Å². The average Bonchev–Trinajstić information content (AvgIpc) is 3.33. The maximum absolute atomic E-state index is 14.6. The number of benzene rings is 3. The zero-order valence-electron chi connectivity index (χ0n) is 17.6. The second-order valence-electron chi connectivity index (χ2n) is 7.38. The SMILES string of the molecule is NC(=O)c1ccc(-c2nc(CSc3nc4ccccc4c(=O)n3-c3ccccc3F)cs2)cc1. The largest absolute Gasteiger partial charge is 0.366 e. The molecule has 0 spiro atoms. The van der Waals surface area contributed by atoms with Gasteiger partial charge in [-0.15, -0.1) is 11.3 Å². The Bertz CT molecular complexity index is 1580. The van der Waals surface area contributed by atoms with E-state index >= 15 is 0 Å². The summed E-state index contributed by atoms with van der Waals surface area (Å²) in [6.07, 6.45) is 0. The number of primary amides is 1. The summed E-state index contributed by atoms with van der Waals surface area (Å²) < 4.78 is 15.9. The minimum Gasteiger partial charge on any atom is -0.366 e. The van der Waals surface area contributed by atoms with Gasteiger partial charge in [-0.05, 0) is 36.4 Å². The number of thioether (sulfide) groups is 1. The van der Waals surface area contributed by atoms with E-state index in [2.05, 4.69) is 9.97 Å². The Morgan fingerprint density at radius 2 is 1.74 bits per heavy atom. The number of hydrogen-bond donors (Lipinski definition) is 1. The molecule has 0 saturated carbocycles. The van der Waals surface area contributed by atoms with Crippen LogP contribution < -0.4 is 11.3 Å². The summed E-state index contributed by atoms with van der Waals surface area (Å²) in [7, 11) is 0. The quantitative estimate of drug-likeness (QED) is 0.267. The maximum atomic E-state index is 14.6. The summed E-state index contributed by atoms with van der Waals surface area (Å²) >= 11 is 2.79. The van der Waals surface area contributed by atoms with Crippen LogP contribution in [-0.2, 0) is 5.75 Å². The van der Waals surface area contributed by atoms with E-state index in [9.17, 15) is 14.0 Å². The first-order chi connectivity index (χ1) is 16.5. The van der Waals surface area contributed by atoms with Gasteiger partial charge in [0.15, 0.2) is 5.16 Å². The van der Waals surface area contributed by atoms with Crippen LogP contribution in [-0.4, -0.2) is 20.4 Å². The van der Waals surface area contributed by atoms with E-state index < -0.39 is 11.7 Å². The molecule has 2 heterocycles. The lowest BCUT2D eigenvalue weighted by atomic mass is 10.1. The standard InChI is InChI=1S/C25H17FN4O2S2/c26-19-6-2-4-8-21(19)30-24(32)18-5-1-3-7-20(18)29-25(30)34-14-17-13-33-23(28-17)16-11-9-15(10-12-16)22(27)31/h1-13H,14H2,(H2,27,31). The average molecular weight is 489 g/mol. The third-order valence-corrected chi connectivity index (χ3v) is 7.07. The maximum Gasteiger partial charge on any atom is 0.266 e. The number of rotatable bonds is 6. The minimum atomic E-state index is -0.501. The number of nitrogens with two attached hydrogens (primary N) is 1. The number of fused-ring (bicyclic) bond motifs is 1. The molecule has 6 nitrogen and oxygen atoms in total. The molecule has 9 heteroatoms. The third kappa shape index (κ3) is 4.23. The molecule has 0 aliphatic rings. The lowest BCUT2D eigenvalue weighted by molar-refractivity contribution is 0.100. The van der Waals surface area contributed by atoms with Crippen molar-refractivity contribution in [3.05, 3.63) is 106 Å². The van der Waals surface area contributed by atoms with Gasteiger partial charge >= 0.3 is 0 Å². The smallest absolute Gasteiger partial charge is 0.266 e. The molecule has 0 unspecified atom stereocenters. The summed E-state index contributed by atoms with van der Waals surface area (Å²) in [4.78, 5) is 33.9. The molecule has 2 aromatic heterocycles. The van der Waals surface area contributed by atoms with Gasteiger partial charge in [0.2, 0.25) is 5.91 Å². The summed E-state index contributed by atoms with van der Waals surface area (Å²) in [6.45, 7) is 0. The molecule has 5 rings (SSSR count). The lowest BCUT2D eigenvalue weighted by Gasteiger charge is -2.13. The number of amides is 1. The summed E-state index contributed by atoms with van der Waals surface area (Å²) in [6, 6.07) is 20.1. The van der Waals surface area contributed by atoms with Gasteiger partial charge in [-0.1, -0.05) is 48.2 Å². The fourth-order valence-corrected chi connectivity index (χ4v) is 5.31. The van der Waals surface area contributed by atoms with Crippen LogP contribution >= 0.6 is 23.1 Å². The van der Waals surface area contributed by atoms with E-state index in [0.717, 1.165) is 16.3 Å². The monoisotopic (exact) mass is 488 g/mol. The van der Waals surface area contributed by atoms with Crippen LogP contribution in [0.5, 0.6) is 0 Å². The van der Waals surface area contributed by atoms with Crippen LogP contribution in [0.4, 0.5) is 4.39 Å². The van der Waals surface area contributed by atoms with Crippen molar-refractivity contribution in [1.29, 1.82) is 0 Å². The van der Waals surface area contributed by atoms with Crippen molar-refractivity contribution in [3.8, 4) is 16.3 Å². The molecule has 0 aliphatic heterocycles. The highest BCUT2D eigenvalue weighted by Gasteiger charge is 2.16. The molecule has 0 saturated heterocycles. The van der Waals surface area contributed by atoms with Gasteiger partial charge in [0, 0.05) is 22.3 Å². The number of halogens is 1. The summed E-state index contributed by atoms with van der Waals surface area (Å²) in [5, 5.41) is 3.53. The predicted octanol–water partition coefficient (Wildman–Crippen LogP) is 5.04. The third-order valence-electron chi connectivity index (χ3n) is 5.16. The lowest BCUT2D eigenvalue weighted by Crippen LogP contribution is -2.22. The molecular weight excluding hydrogens is 471 g/mol. The van der Waals surface area contributed by atoms with Gasteiger partial charge in [0.1, 0.15) is 10.8 Å². The first-order valence-corrected chi connectivity index (χ1v) is 12.1. The Kier molecular flexibility index (Phi) is 5.95. The molecule has 3 aromatic carbocycles. The molecule has 0 fully saturated rings. The minimum absolute atomic E-state index is 0.154. The van der Waals surface area contributed by atoms with E-state index in [1.54, 1.807) is 60.7 Å². The van der Waals surface area contributed by atoms with Crippen LogP contribution in [0.15, 0.2) is 88.1 Å². The Morgan fingerprint density at radius 3 is 2.50 bits per heavy atom. The van der Waals surface area contributed by atoms with Crippen molar-refractivity contribution in [2.75, 3.05) is 0 Å². The van der Waals surface area contributed by atoms with Gasteiger partial charge in [-0.2, -0.15) is 0 Å². The molecule has 168 valence electrons. The zero-order chi connectivity index (χ0) is 23.7. The highest BCUT2D eigenvalue weighted by molar-refractivity contribution is 7.98. The van der Waals surface area contributed by atoms with Gasteiger partial charge in [-0.25, -0.2) is 14.4 Å². The number of hydrogen-bond acceptors (Lipinski definition) is 6. The molecular formula is C25H17FN4O2S2. The Morgan fingerprint density at radius 1 is 1.00 bits per heavy atom. The fraction of sp³-hybridized carbons (Fsp3) is 0.0400. The van der Waals surface area contributed by atoms with E-state index in [4.69, 9.17) is 5.73 Å². The first kappa shape index (κ1) is 22.0.